The van der Waals surface area contributed by atoms with E-state index < -0.39 is 0 Å². The molecule has 0 spiro atoms. The summed E-state index contributed by atoms with van der Waals surface area (Å²) in [5, 5.41) is 6.79. The highest BCUT2D eigenvalue weighted by atomic mass is 16.5. The molecular weight excluding hydrogens is 378 g/mol. The number of ether oxygens (including phenoxy) is 1. The van der Waals surface area contributed by atoms with Crippen LogP contribution >= 0.6 is 0 Å². The van der Waals surface area contributed by atoms with Gasteiger partial charge in [0.1, 0.15) is 12.4 Å². The first kappa shape index (κ1) is 19.4. The van der Waals surface area contributed by atoms with Gasteiger partial charge in [0.2, 0.25) is 11.7 Å². The largest absolute Gasteiger partial charge is 0.489 e. The van der Waals surface area contributed by atoms with E-state index in [-0.39, 0.29) is 12.5 Å². The molecule has 30 heavy (non-hydrogen) atoms. The van der Waals surface area contributed by atoms with E-state index in [9.17, 15) is 4.79 Å². The van der Waals surface area contributed by atoms with E-state index in [4.69, 9.17) is 9.26 Å². The van der Waals surface area contributed by atoms with Gasteiger partial charge in [-0.1, -0.05) is 65.3 Å². The van der Waals surface area contributed by atoms with Gasteiger partial charge in [-0.3, -0.25) is 4.79 Å². The van der Waals surface area contributed by atoms with Crippen LogP contribution in [0.3, 0.4) is 0 Å². The molecule has 0 atom stereocenters. The molecule has 1 N–H and O–H groups in total. The third kappa shape index (κ3) is 4.91. The van der Waals surface area contributed by atoms with E-state index >= 15 is 0 Å². The van der Waals surface area contributed by atoms with Crippen LogP contribution in [0.4, 0.5) is 0 Å². The van der Waals surface area contributed by atoms with E-state index in [0.717, 1.165) is 16.7 Å². The van der Waals surface area contributed by atoms with Crippen LogP contribution in [0.15, 0.2) is 83.4 Å². The molecule has 1 heterocycles. The lowest BCUT2D eigenvalue weighted by Gasteiger charge is -2.08. The Balaban J connectivity index is 1.35. The van der Waals surface area contributed by atoms with Crippen LogP contribution in [0, 0.1) is 6.92 Å². The molecule has 0 aliphatic rings. The summed E-state index contributed by atoms with van der Waals surface area (Å²) in [4.78, 5) is 16.9. The van der Waals surface area contributed by atoms with Gasteiger partial charge in [-0.25, -0.2) is 0 Å². The summed E-state index contributed by atoms with van der Waals surface area (Å²) in [7, 11) is 0. The molecule has 0 unspecified atom stereocenters. The first-order valence-electron chi connectivity index (χ1n) is 9.62. The predicted octanol–water partition coefficient (Wildman–Crippen LogP) is 4.55. The molecule has 1 amide bonds. The van der Waals surface area contributed by atoms with Crippen molar-refractivity contribution in [3.8, 4) is 17.1 Å². The van der Waals surface area contributed by atoms with Crippen molar-refractivity contribution in [2.24, 2.45) is 0 Å². The van der Waals surface area contributed by atoms with E-state index in [1.807, 2.05) is 67.6 Å². The summed E-state index contributed by atoms with van der Waals surface area (Å²) in [6.45, 7) is 2.59. The van der Waals surface area contributed by atoms with Crippen molar-refractivity contribution >= 4 is 5.91 Å². The number of carbonyl (C=O) groups is 1. The Bertz CT molecular complexity index is 1140. The van der Waals surface area contributed by atoms with Gasteiger partial charge in [0, 0.05) is 11.1 Å². The van der Waals surface area contributed by atoms with Crippen molar-refractivity contribution in [2.75, 3.05) is 0 Å². The summed E-state index contributed by atoms with van der Waals surface area (Å²) in [5.74, 6) is 1.23. The molecule has 0 aliphatic carbocycles. The number of aryl methyl sites for hydroxylation is 1. The molecule has 3 aromatic carbocycles. The Kier molecular flexibility index (Phi) is 5.85. The van der Waals surface area contributed by atoms with Crippen LogP contribution in [-0.4, -0.2) is 16.0 Å². The monoisotopic (exact) mass is 399 g/mol. The normalized spacial score (nSPS) is 10.6. The van der Waals surface area contributed by atoms with Crippen molar-refractivity contribution in [2.45, 2.75) is 20.1 Å². The van der Waals surface area contributed by atoms with Gasteiger partial charge in [0.15, 0.2) is 0 Å². The van der Waals surface area contributed by atoms with E-state index in [2.05, 4.69) is 15.5 Å². The maximum atomic E-state index is 12.5. The Morgan fingerprint density at radius 3 is 2.67 bits per heavy atom. The van der Waals surface area contributed by atoms with Gasteiger partial charge in [-0.15, -0.1) is 0 Å². The minimum atomic E-state index is -0.240. The zero-order chi connectivity index (χ0) is 20.8. The summed E-state index contributed by atoms with van der Waals surface area (Å²) >= 11 is 0. The molecule has 6 nitrogen and oxygen atoms in total. The van der Waals surface area contributed by atoms with E-state index in [0.29, 0.717) is 29.6 Å². The molecule has 6 heteroatoms. The molecule has 0 radical (unpaired) electrons. The number of nitrogens with one attached hydrogen (secondary N) is 1. The van der Waals surface area contributed by atoms with Gasteiger partial charge in [0.05, 0.1) is 6.54 Å². The molecule has 0 bridgehead atoms. The minimum absolute atomic E-state index is 0.146. The predicted molar refractivity (Wildman–Crippen MR) is 113 cm³/mol. The van der Waals surface area contributed by atoms with Gasteiger partial charge >= 0.3 is 0 Å². The molecule has 0 aliphatic heterocycles. The first-order valence-corrected chi connectivity index (χ1v) is 9.62. The molecule has 4 rings (SSSR count). The average Bonchev–Trinajstić information content (AvgIpc) is 3.26. The second-order valence-electron chi connectivity index (χ2n) is 6.87. The maximum Gasteiger partial charge on any atom is 0.251 e. The fourth-order valence-corrected chi connectivity index (χ4v) is 2.95. The molecule has 0 fully saturated rings. The summed E-state index contributed by atoms with van der Waals surface area (Å²) < 4.78 is 11.0. The Morgan fingerprint density at radius 1 is 1.00 bits per heavy atom. The highest BCUT2D eigenvalue weighted by molar-refractivity contribution is 5.94. The van der Waals surface area contributed by atoms with Crippen molar-refractivity contribution in [3.05, 3.63) is 101 Å². The van der Waals surface area contributed by atoms with Gasteiger partial charge in [0.25, 0.3) is 5.91 Å². The number of hydrogen-bond acceptors (Lipinski definition) is 5. The van der Waals surface area contributed by atoms with Crippen LogP contribution < -0.4 is 10.1 Å². The third-order valence-corrected chi connectivity index (χ3v) is 4.49. The number of nitrogens with zero attached hydrogens (tertiary/aromatic N) is 2. The van der Waals surface area contributed by atoms with E-state index in [1.54, 1.807) is 18.2 Å². The second kappa shape index (κ2) is 9.05. The second-order valence-corrected chi connectivity index (χ2v) is 6.87. The minimum Gasteiger partial charge on any atom is -0.489 e. The number of aromatic nitrogens is 2. The highest BCUT2D eigenvalue weighted by Crippen LogP contribution is 2.18. The van der Waals surface area contributed by atoms with Gasteiger partial charge in [-0.05, 0) is 36.8 Å². The summed E-state index contributed by atoms with van der Waals surface area (Å²) in [6.07, 6.45) is 0. The molecule has 1 aromatic heterocycles. The fraction of sp³-hybridized carbons (Fsp3) is 0.125. The molecular formula is C24H21N3O3. The van der Waals surface area contributed by atoms with Crippen molar-refractivity contribution < 1.29 is 14.1 Å². The van der Waals surface area contributed by atoms with Crippen LogP contribution in [0.1, 0.15) is 27.4 Å². The Labute approximate surface area is 174 Å². The number of carbonyl (C=O) groups excluding carboxylic acids is 1. The zero-order valence-corrected chi connectivity index (χ0v) is 16.5. The van der Waals surface area contributed by atoms with Crippen molar-refractivity contribution in [3.63, 3.8) is 0 Å². The topological polar surface area (TPSA) is 77.2 Å². The SMILES string of the molecule is Cc1cccc(-c2noc(CNC(=O)c3cccc(OCc4ccccc4)c3)n2)c1. The fourth-order valence-electron chi connectivity index (χ4n) is 2.95. The van der Waals surface area contributed by atoms with Crippen molar-refractivity contribution in [1.82, 2.24) is 15.5 Å². The lowest BCUT2D eigenvalue weighted by atomic mass is 10.1. The molecule has 0 saturated heterocycles. The lowest BCUT2D eigenvalue weighted by Crippen LogP contribution is -2.22. The van der Waals surface area contributed by atoms with Crippen molar-refractivity contribution in [1.29, 1.82) is 0 Å². The Morgan fingerprint density at radius 2 is 1.83 bits per heavy atom. The highest BCUT2D eigenvalue weighted by Gasteiger charge is 2.12. The standard InChI is InChI=1S/C24H21N3O3/c1-17-7-5-10-19(13-17)23-26-22(30-27-23)15-25-24(28)20-11-6-12-21(14-20)29-16-18-8-3-2-4-9-18/h2-14H,15-16H2,1H3,(H,25,28). The molecule has 150 valence electrons. The van der Waals surface area contributed by atoms with Crippen LogP contribution in [0.2, 0.25) is 0 Å². The molecule has 0 saturated carbocycles. The smallest absolute Gasteiger partial charge is 0.251 e. The average molecular weight is 399 g/mol. The number of benzene rings is 3. The lowest BCUT2D eigenvalue weighted by molar-refractivity contribution is 0.0945. The quantitative estimate of drug-likeness (QED) is 0.493. The number of hydrogen-bond donors (Lipinski definition) is 1. The Hall–Kier alpha value is -3.93. The number of rotatable bonds is 7. The summed E-state index contributed by atoms with van der Waals surface area (Å²) in [6, 6.07) is 24.8. The van der Waals surface area contributed by atoms with E-state index in [1.165, 1.54) is 0 Å². The zero-order valence-electron chi connectivity index (χ0n) is 16.5. The molecule has 4 aromatic rings. The van der Waals surface area contributed by atoms with Gasteiger partial charge in [-0.2, -0.15) is 4.98 Å². The number of amides is 1. The first-order chi connectivity index (χ1) is 14.7. The van der Waals surface area contributed by atoms with Gasteiger partial charge < -0.3 is 14.6 Å². The van der Waals surface area contributed by atoms with Crippen LogP contribution in [0.5, 0.6) is 5.75 Å². The van der Waals surface area contributed by atoms with Crippen LogP contribution in [0.25, 0.3) is 11.4 Å². The maximum absolute atomic E-state index is 12.5. The van der Waals surface area contributed by atoms with Crippen LogP contribution in [-0.2, 0) is 13.2 Å². The summed E-state index contributed by atoms with van der Waals surface area (Å²) in [5.41, 5.74) is 3.55. The third-order valence-electron chi connectivity index (χ3n) is 4.49.